The van der Waals surface area contributed by atoms with Crippen molar-refractivity contribution in [3.8, 4) is 11.5 Å². The fraction of sp³-hybridized carbons (Fsp3) is 0.364. The maximum absolute atomic E-state index is 12.5. The molecule has 0 saturated carbocycles. The fourth-order valence-corrected chi connectivity index (χ4v) is 4.82. The van der Waals surface area contributed by atoms with E-state index in [-0.39, 0.29) is 42.0 Å². The van der Waals surface area contributed by atoms with E-state index in [1.165, 1.54) is 14.2 Å². The first-order valence-electron chi connectivity index (χ1n) is 9.93. The zero-order valence-corrected chi connectivity index (χ0v) is 18.4. The van der Waals surface area contributed by atoms with Crippen LogP contribution in [0.3, 0.4) is 0 Å². The molecule has 9 heteroatoms. The Morgan fingerprint density at radius 3 is 2.48 bits per heavy atom. The molecule has 31 heavy (non-hydrogen) atoms. The van der Waals surface area contributed by atoms with Crippen LogP contribution in [0.2, 0.25) is 0 Å². The van der Waals surface area contributed by atoms with Gasteiger partial charge in [-0.05, 0) is 30.7 Å². The monoisotopic (exact) mass is 446 g/mol. The predicted octanol–water partition coefficient (Wildman–Crippen LogP) is 2.04. The third kappa shape index (κ3) is 5.35. The Morgan fingerprint density at radius 1 is 1.10 bits per heavy atom. The molecule has 1 N–H and O–H groups in total. The first-order chi connectivity index (χ1) is 14.9. The van der Waals surface area contributed by atoms with Gasteiger partial charge in [0.05, 0.1) is 30.8 Å². The van der Waals surface area contributed by atoms with Crippen molar-refractivity contribution in [1.82, 2.24) is 5.32 Å². The summed E-state index contributed by atoms with van der Waals surface area (Å²) in [6, 6.07) is 13.4. The molecule has 1 heterocycles. The van der Waals surface area contributed by atoms with E-state index >= 15 is 0 Å². The number of benzene rings is 2. The smallest absolute Gasteiger partial charge is 0.227 e. The molecule has 2 amide bonds. The van der Waals surface area contributed by atoms with E-state index < -0.39 is 15.8 Å². The largest absolute Gasteiger partial charge is 0.493 e. The summed E-state index contributed by atoms with van der Waals surface area (Å²) in [5, 5.41) is 2.76. The molecule has 3 rings (SSSR count). The van der Waals surface area contributed by atoms with Gasteiger partial charge < -0.3 is 19.7 Å². The summed E-state index contributed by atoms with van der Waals surface area (Å²) in [5.41, 5.74) is 0.631. The van der Waals surface area contributed by atoms with E-state index in [0.29, 0.717) is 23.6 Å². The van der Waals surface area contributed by atoms with Crippen molar-refractivity contribution in [3.63, 3.8) is 0 Å². The molecule has 0 bridgehead atoms. The van der Waals surface area contributed by atoms with E-state index in [0.717, 1.165) is 0 Å². The van der Waals surface area contributed by atoms with Crippen LogP contribution in [0.25, 0.3) is 0 Å². The van der Waals surface area contributed by atoms with Crippen molar-refractivity contribution in [2.75, 3.05) is 38.0 Å². The van der Waals surface area contributed by atoms with Gasteiger partial charge in [-0.15, -0.1) is 0 Å². The van der Waals surface area contributed by atoms with Crippen LogP contribution in [0.5, 0.6) is 11.5 Å². The standard InChI is InChI=1S/C22H26N2O6S/c1-29-19-10-9-17(14-20(19)30-2)24-15-16(13-21(24)25)22(26)23-11-6-12-31(27,28)18-7-4-3-5-8-18/h3-5,7-10,14,16H,6,11-13,15H2,1-2H3,(H,23,26). The number of carbonyl (C=O) groups excluding carboxylic acids is 2. The van der Waals surface area contributed by atoms with Crippen molar-refractivity contribution < 1.29 is 27.5 Å². The number of sulfone groups is 1. The Labute approximate surface area is 182 Å². The van der Waals surface area contributed by atoms with Crippen LogP contribution in [0.4, 0.5) is 5.69 Å². The zero-order valence-electron chi connectivity index (χ0n) is 17.5. The Bertz CT molecular complexity index is 1040. The lowest BCUT2D eigenvalue weighted by molar-refractivity contribution is -0.126. The van der Waals surface area contributed by atoms with Gasteiger partial charge in [-0.3, -0.25) is 9.59 Å². The predicted molar refractivity (Wildman–Crippen MR) is 116 cm³/mol. The van der Waals surface area contributed by atoms with Crippen LogP contribution < -0.4 is 19.7 Å². The quantitative estimate of drug-likeness (QED) is 0.592. The van der Waals surface area contributed by atoms with Crippen LogP contribution in [0.1, 0.15) is 12.8 Å². The number of hydrogen-bond acceptors (Lipinski definition) is 6. The van der Waals surface area contributed by atoms with E-state index in [9.17, 15) is 18.0 Å². The second-order valence-corrected chi connectivity index (χ2v) is 9.33. The fourth-order valence-electron chi connectivity index (χ4n) is 3.49. The van der Waals surface area contributed by atoms with Crippen LogP contribution in [0.15, 0.2) is 53.4 Å². The number of carbonyl (C=O) groups is 2. The summed E-state index contributed by atoms with van der Waals surface area (Å²) in [4.78, 5) is 26.8. The van der Waals surface area contributed by atoms with E-state index in [2.05, 4.69) is 5.32 Å². The highest BCUT2D eigenvalue weighted by Gasteiger charge is 2.35. The second kappa shape index (κ2) is 9.82. The molecule has 0 spiro atoms. The third-order valence-corrected chi connectivity index (χ3v) is 6.98. The van der Waals surface area contributed by atoms with Crippen molar-refractivity contribution in [2.24, 2.45) is 5.92 Å². The lowest BCUT2D eigenvalue weighted by atomic mass is 10.1. The van der Waals surface area contributed by atoms with Gasteiger partial charge >= 0.3 is 0 Å². The van der Waals surface area contributed by atoms with Crippen LogP contribution in [-0.4, -0.2) is 53.3 Å². The lowest BCUT2D eigenvalue weighted by Crippen LogP contribution is -2.34. The number of anilines is 1. The third-order valence-electron chi connectivity index (χ3n) is 5.17. The molecule has 1 fully saturated rings. The minimum Gasteiger partial charge on any atom is -0.493 e. The summed E-state index contributed by atoms with van der Waals surface area (Å²) in [6.07, 6.45) is 0.394. The molecule has 0 radical (unpaired) electrons. The molecular weight excluding hydrogens is 420 g/mol. The number of methoxy groups -OCH3 is 2. The van der Waals surface area contributed by atoms with E-state index in [1.54, 1.807) is 53.4 Å². The molecule has 166 valence electrons. The number of hydrogen-bond donors (Lipinski definition) is 1. The van der Waals surface area contributed by atoms with Gasteiger partial charge in [0.2, 0.25) is 11.8 Å². The molecule has 0 aliphatic carbocycles. The van der Waals surface area contributed by atoms with Crippen LogP contribution >= 0.6 is 0 Å². The highest BCUT2D eigenvalue weighted by Crippen LogP contribution is 2.34. The average Bonchev–Trinajstić information content (AvgIpc) is 3.18. The normalized spacial score (nSPS) is 16.3. The molecule has 1 aliphatic heterocycles. The number of ether oxygens (including phenoxy) is 2. The van der Waals surface area contributed by atoms with E-state index in [4.69, 9.17) is 9.47 Å². The first-order valence-corrected chi connectivity index (χ1v) is 11.6. The zero-order chi connectivity index (χ0) is 22.4. The second-order valence-electron chi connectivity index (χ2n) is 7.22. The van der Waals surface area contributed by atoms with Gasteiger partial charge in [0.15, 0.2) is 21.3 Å². The van der Waals surface area contributed by atoms with Crippen molar-refractivity contribution in [1.29, 1.82) is 0 Å². The topological polar surface area (TPSA) is 102 Å². The SMILES string of the molecule is COc1ccc(N2CC(C(=O)NCCCS(=O)(=O)c3ccccc3)CC2=O)cc1OC. The molecule has 1 saturated heterocycles. The van der Waals surface area contributed by atoms with Crippen molar-refractivity contribution in [3.05, 3.63) is 48.5 Å². The number of nitrogens with zero attached hydrogens (tertiary/aromatic N) is 1. The molecule has 8 nitrogen and oxygen atoms in total. The van der Waals surface area contributed by atoms with Gasteiger partial charge in [-0.25, -0.2) is 8.42 Å². The Morgan fingerprint density at radius 2 is 1.81 bits per heavy atom. The Hall–Kier alpha value is -3.07. The summed E-state index contributed by atoms with van der Waals surface area (Å²) in [7, 11) is -0.332. The Balaban J connectivity index is 1.52. The van der Waals surface area contributed by atoms with Crippen LogP contribution in [-0.2, 0) is 19.4 Å². The maximum Gasteiger partial charge on any atom is 0.227 e. The first kappa shape index (κ1) is 22.6. The molecule has 1 unspecified atom stereocenters. The molecule has 1 aliphatic rings. The average molecular weight is 447 g/mol. The van der Waals surface area contributed by atoms with Crippen molar-refractivity contribution >= 4 is 27.3 Å². The highest BCUT2D eigenvalue weighted by atomic mass is 32.2. The van der Waals surface area contributed by atoms with Gasteiger partial charge in [0, 0.05) is 31.3 Å². The number of rotatable bonds is 9. The van der Waals surface area contributed by atoms with Crippen LogP contribution in [0, 0.1) is 5.92 Å². The van der Waals surface area contributed by atoms with Crippen molar-refractivity contribution in [2.45, 2.75) is 17.7 Å². The lowest BCUT2D eigenvalue weighted by Gasteiger charge is -2.18. The number of amides is 2. The molecule has 1 atom stereocenters. The van der Waals surface area contributed by atoms with Gasteiger partial charge in [0.25, 0.3) is 0 Å². The molecule has 2 aromatic rings. The van der Waals surface area contributed by atoms with Gasteiger partial charge in [-0.2, -0.15) is 0 Å². The summed E-state index contributed by atoms with van der Waals surface area (Å²) >= 11 is 0. The Kier molecular flexibility index (Phi) is 7.17. The van der Waals surface area contributed by atoms with E-state index in [1.807, 2.05) is 0 Å². The molecular formula is C22H26N2O6S. The summed E-state index contributed by atoms with van der Waals surface area (Å²) in [6.45, 7) is 0.481. The minimum atomic E-state index is -3.38. The summed E-state index contributed by atoms with van der Waals surface area (Å²) < 4.78 is 35.1. The van der Waals surface area contributed by atoms with Gasteiger partial charge in [-0.1, -0.05) is 18.2 Å². The van der Waals surface area contributed by atoms with Gasteiger partial charge in [0.1, 0.15) is 0 Å². The minimum absolute atomic E-state index is 0.0569. The number of nitrogens with one attached hydrogen (secondary N) is 1. The maximum atomic E-state index is 12.5. The molecule has 2 aromatic carbocycles. The summed E-state index contributed by atoms with van der Waals surface area (Å²) in [5.74, 6) is 0.0929. The highest BCUT2D eigenvalue weighted by molar-refractivity contribution is 7.91. The molecule has 0 aromatic heterocycles.